The summed E-state index contributed by atoms with van der Waals surface area (Å²) in [5.41, 5.74) is 8.96. The van der Waals surface area contributed by atoms with Crippen molar-refractivity contribution in [2.45, 2.75) is 13.5 Å². The Morgan fingerprint density at radius 2 is 1.96 bits per heavy atom. The highest BCUT2D eigenvalue weighted by atomic mass is 32.2. The Balaban J connectivity index is 1.69. The minimum absolute atomic E-state index is 0.0863. The molecule has 3 aromatic rings. The van der Waals surface area contributed by atoms with Crippen LogP contribution in [-0.2, 0) is 16.1 Å². The topological polar surface area (TPSA) is 89.5 Å². The molecule has 1 saturated heterocycles. The number of nitrogens with zero attached hydrogens (tertiary/aromatic N) is 2. The number of fused-ring (bicyclic) bond motifs is 1. The largest absolute Gasteiger partial charge is 0.368 e. The summed E-state index contributed by atoms with van der Waals surface area (Å²) in [6.07, 6.45) is 3.66. The molecule has 0 radical (unpaired) electrons. The molecule has 0 saturated carbocycles. The van der Waals surface area contributed by atoms with Crippen LogP contribution in [0.5, 0.6) is 0 Å². The highest BCUT2D eigenvalue weighted by Crippen LogP contribution is 2.31. The summed E-state index contributed by atoms with van der Waals surface area (Å²) < 4.78 is 1.80. The predicted molar refractivity (Wildman–Crippen MR) is 113 cm³/mol. The van der Waals surface area contributed by atoms with Crippen molar-refractivity contribution in [1.82, 2.24) is 9.88 Å². The first-order valence-corrected chi connectivity index (χ1v) is 9.54. The van der Waals surface area contributed by atoms with Gasteiger partial charge in [-0.15, -0.1) is 0 Å². The van der Waals surface area contributed by atoms with E-state index in [0.717, 1.165) is 27.7 Å². The number of hydrogen-bond donors (Lipinski definition) is 2. The number of carbonyl (C=O) groups is 2. The molecular formula is C21H18N4O2S. The number of benzene rings is 2. The van der Waals surface area contributed by atoms with Gasteiger partial charge in [0, 0.05) is 22.7 Å². The van der Waals surface area contributed by atoms with Gasteiger partial charge in [-0.25, -0.2) is 4.99 Å². The highest BCUT2D eigenvalue weighted by molar-refractivity contribution is 8.18. The third-order valence-corrected chi connectivity index (χ3v) is 5.33. The summed E-state index contributed by atoms with van der Waals surface area (Å²) in [6.45, 7) is 2.06. The van der Waals surface area contributed by atoms with Gasteiger partial charge in [0.25, 0.3) is 5.91 Å². The van der Waals surface area contributed by atoms with Crippen LogP contribution in [0.15, 0.2) is 64.6 Å². The van der Waals surface area contributed by atoms with Gasteiger partial charge in [-0.05, 0) is 42.5 Å². The number of thioether (sulfide) groups is 1. The van der Waals surface area contributed by atoms with Crippen molar-refractivity contribution in [3.63, 3.8) is 0 Å². The first-order chi connectivity index (χ1) is 13.5. The maximum Gasteiger partial charge on any atom is 0.264 e. The van der Waals surface area contributed by atoms with E-state index in [1.807, 2.05) is 67.7 Å². The fraction of sp³-hybridized carbons (Fsp3) is 0.0952. The second kappa shape index (κ2) is 7.36. The monoisotopic (exact) mass is 390 g/mol. The number of rotatable bonds is 4. The fourth-order valence-electron chi connectivity index (χ4n) is 3.11. The smallest absolute Gasteiger partial charge is 0.264 e. The van der Waals surface area contributed by atoms with E-state index in [1.165, 1.54) is 11.8 Å². The van der Waals surface area contributed by atoms with Gasteiger partial charge in [-0.1, -0.05) is 36.4 Å². The third-order valence-electron chi connectivity index (χ3n) is 4.42. The molecule has 1 fully saturated rings. The average molecular weight is 390 g/mol. The first-order valence-electron chi connectivity index (χ1n) is 8.72. The Bertz CT molecular complexity index is 1160. The lowest BCUT2D eigenvalue weighted by Crippen LogP contribution is -2.19. The summed E-state index contributed by atoms with van der Waals surface area (Å²) in [6, 6.07) is 15.5. The Labute approximate surface area is 166 Å². The van der Waals surface area contributed by atoms with Crippen molar-refractivity contribution in [2.75, 3.05) is 0 Å². The van der Waals surface area contributed by atoms with Gasteiger partial charge in [0.1, 0.15) is 6.54 Å². The highest BCUT2D eigenvalue weighted by Gasteiger charge is 2.24. The molecule has 6 nitrogen and oxygen atoms in total. The molecule has 1 aliphatic heterocycles. The molecule has 3 N–H and O–H groups in total. The Morgan fingerprint density at radius 3 is 2.75 bits per heavy atom. The summed E-state index contributed by atoms with van der Waals surface area (Å²) in [7, 11) is 0. The molecule has 0 unspecified atom stereocenters. The summed E-state index contributed by atoms with van der Waals surface area (Å²) in [5.74, 6) is -0.607. The number of amides is 2. The molecule has 0 bridgehead atoms. The lowest BCUT2D eigenvalue weighted by atomic mass is 10.1. The minimum atomic E-state index is -0.416. The SMILES string of the molecule is Cc1ccccc1N=C1NC(=O)C(=Cc2cn(CC(N)=O)c3ccccc23)S1. The number of carbonyl (C=O) groups excluding carboxylic acids is 2. The quantitative estimate of drug-likeness (QED) is 0.670. The number of aromatic nitrogens is 1. The van der Waals surface area contributed by atoms with Crippen LogP contribution in [0.1, 0.15) is 11.1 Å². The second-order valence-electron chi connectivity index (χ2n) is 6.46. The standard InChI is InChI=1S/C21H18N4O2S/c1-13-6-2-4-8-16(13)23-21-24-20(27)18(28-21)10-14-11-25(12-19(22)26)17-9-5-3-7-15(14)17/h2-11H,12H2,1H3,(H2,22,26)(H,23,24,27). The van der Waals surface area contributed by atoms with E-state index in [1.54, 1.807) is 4.57 Å². The maximum absolute atomic E-state index is 12.4. The number of hydrogen-bond acceptors (Lipinski definition) is 4. The van der Waals surface area contributed by atoms with Crippen molar-refractivity contribution in [3.05, 3.63) is 70.8 Å². The van der Waals surface area contributed by atoms with Gasteiger partial charge in [0.05, 0.1) is 10.6 Å². The number of nitrogens with one attached hydrogen (secondary N) is 1. The normalized spacial score (nSPS) is 16.8. The van der Waals surface area contributed by atoms with Crippen molar-refractivity contribution in [1.29, 1.82) is 0 Å². The van der Waals surface area contributed by atoms with E-state index < -0.39 is 5.91 Å². The van der Waals surface area contributed by atoms with Gasteiger partial charge >= 0.3 is 0 Å². The Morgan fingerprint density at radius 1 is 1.21 bits per heavy atom. The lowest BCUT2D eigenvalue weighted by molar-refractivity contribution is -0.118. The molecular weight excluding hydrogens is 372 g/mol. The maximum atomic E-state index is 12.4. The van der Waals surface area contributed by atoms with Crippen LogP contribution in [0.4, 0.5) is 5.69 Å². The first kappa shape index (κ1) is 18.1. The van der Waals surface area contributed by atoms with Crippen LogP contribution >= 0.6 is 11.8 Å². The molecule has 0 spiro atoms. The van der Waals surface area contributed by atoms with E-state index in [4.69, 9.17) is 5.73 Å². The van der Waals surface area contributed by atoms with Crippen LogP contribution in [0.3, 0.4) is 0 Å². The molecule has 1 aliphatic rings. The Hall–Kier alpha value is -3.32. The van der Waals surface area contributed by atoms with Crippen molar-refractivity contribution < 1.29 is 9.59 Å². The minimum Gasteiger partial charge on any atom is -0.368 e. The van der Waals surface area contributed by atoms with Crippen LogP contribution in [0.25, 0.3) is 17.0 Å². The van der Waals surface area contributed by atoms with Gasteiger partial charge in [0.15, 0.2) is 5.17 Å². The molecule has 0 aliphatic carbocycles. The molecule has 4 rings (SSSR count). The van der Waals surface area contributed by atoms with E-state index in [9.17, 15) is 9.59 Å². The lowest BCUT2D eigenvalue weighted by Gasteiger charge is -2.00. The molecule has 0 atom stereocenters. The average Bonchev–Trinajstić information content (AvgIpc) is 3.18. The van der Waals surface area contributed by atoms with Crippen molar-refractivity contribution in [3.8, 4) is 0 Å². The molecule has 1 aromatic heterocycles. The Kier molecular flexibility index (Phi) is 4.75. The van der Waals surface area contributed by atoms with Crippen LogP contribution in [-0.4, -0.2) is 21.5 Å². The van der Waals surface area contributed by atoms with Crippen LogP contribution < -0.4 is 11.1 Å². The number of primary amides is 1. The van der Waals surface area contributed by atoms with Crippen molar-refractivity contribution in [2.24, 2.45) is 10.7 Å². The van der Waals surface area contributed by atoms with Crippen LogP contribution in [0.2, 0.25) is 0 Å². The molecule has 2 aromatic carbocycles. The van der Waals surface area contributed by atoms with E-state index in [2.05, 4.69) is 10.3 Å². The molecule has 2 amide bonds. The molecule has 140 valence electrons. The molecule has 7 heteroatoms. The zero-order chi connectivity index (χ0) is 19.7. The van der Waals surface area contributed by atoms with E-state index in [0.29, 0.717) is 10.1 Å². The van der Waals surface area contributed by atoms with Crippen molar-refractivity contribution >= 4 is 51.4 Å². The van der Waals surface area contributed by atoms with Gasteiger partial charge in [-0.2, -0.15) is 0 Å². The van der Waals surface area contributed by atoms with Crippen LogP contribution in [0, 0.1) is 6.92 Å². The third kappa shape index (κ3) is 3.57. The number of amidine groups is 1. The number of aliphatic imine (C=N–C) groups is 1. The summed E-state index contributed by atoms with van der Waals surface area (Å²) in [4.78, 5) is 28.9. The molecule has 2 heterocycles. The van der Waals surface area contributed by atoms with Gasteiger partial charge < -0.3 is 15.6 Å². The fourth-order valence-corrected chi connectivity index (χ4v) is 3.93. The van der Waals surface area contributed by atoms with E-state index >= 15 is 0 Å². The summed E-state index contributed by atoms with van der Waals surface area (Å²) in [5, 5.41) is 4.31. The van der Waals surface area contributed by atoms with Gasteiger partial charge in [-0.3, -0.25) is 9.59 Å². The number of aryl methyl sites for hydroxylation is 1. The zero-order valence-electron chi connectivity index (χ0n) is 15.2. The predicted octanol–water partition coefficient (Wildman–Crippen LogP) is 3.33. The zero-order valence-corrected chi connectivity index (χ0v) is 16.0. The number of para-hydroxylation sites is 2. The van der Waals surface area contributed by atoms with E-state index in [-0.39, 0.29) is 12.5 Å². The molecule has 28 heavy (non-hydrogen) atoms. The van der Waals surface area contributed by atoms with Gasteiger partial charge in [0.2, 0.25) is 5.91 Å². The second-order valence-corrected chi connectivity index (χ2v) is 7.49. The summed E-state index contributed by atoms with van der Waals surface area (Å²) >= 11 is 1.30. The number of nitrogens with two attached hydrogens (primary N) is 1.